The van der Waals surface area contributed by atoms with E-state index in [2.05, 4.69) is 21.2 Å². The van der Waals surface area contributed by atoms with Crippen LogP contribution in [-0.2, 0) is 9.53 Å². The number of carbonyl (C=O) groups is 2. The highest BCUT2D eigenvalue weighted by atomic mass is 79.9. The van der Waals surface area contributed by atoms with Crippen LogP contribution in [0.1, 0.15) is 10.4 Å². The molecule has 0 saturated carbocycles. The molecule has 0 aliphatic heterocycles. The van der Waals surface area contributed by atoms with Gasteiger partial charge in [-0.1, -0.05) is 15.9 Å². The molecule has 7 heteroatoms. The third kappa shape index (κ3) is 5.01. The summed E-state index contributed by atoms with van der Waals surface area (Å²) in [5, 5.41) is 2.73. The molecule has 0 unspecified atom stereocenters. The number of benzene rings is 2. The molecule has 0 bridgehead atoms. The third-order valence-electron chi connectivity index (χ3n) is 3.09. The minimum absolute atomic E-state index is 0.210. The van der Waals surface area contributed by atoms with E-state index in [9.17, 15) is 9.59 Å². The zero-order valence-corrected chi connectivity index (χ0v) is 15.6. The Balaban J connectivity index is 2.05. The lowest BCUT2D eigenvalue weighted by atomic mass is 10.1. The number of ether oxygens (including phenoxy) is 2. The molecular formula is C17H16BrNO4S. The normalized spacial score (nSPS) is 10.1. The van der Waals surface area contributed by atoms with Gasteiger partial charge in [-0.15, -0.1) is 11.8 Å². The lowest BCUT2D eigenvalue weighted by molar-refractivity contribution is -0.113. The Hall–Kier alpha value is -1.99. The van der Waals surface area contributed by atoms with Gasteiger partial charge in [0.2, 0.25) is 5.91 Å². The summed E-state index contributed by atoms with van der Waals surface area (Å²) in [4.78, 5) is 25.0. The highest BCUT2D eigenvalue weighted by Gasteiger charge is 2.15. The van der Waals surface area contributed by atoms with E-state index < -0.39 is 5.97 Å². The first-order valence-electron chi connectivity index (χ1n) is 6.98. The molecule has 2 rings (SSSR count). The van der Waals surface area contributed by atoms with Crippen molar-refractivity contribution in [3.05, 3.63) is 52.5 Å². The van der Waals surface area contributed by atoms with Crippen molar-refractivity contribution >= 4 is 45.3 Å². The van der Waals surface area contributed by atoms with Crippen molar-refractivity contribution in [2.45, 2.75) is 4.90 Å². The van der Waals surface area contributed by atoms with E-state index in [1.165, 1.54) is 32.0 Å². The lowest BCUT2D eigenvalue weighted by Crippen LogP contribution is -2.17. The number of esters is 1. The van der Waals surface area contributed by atoms with Crippen LogP contribution in [0.15, 0.2) is 51.8 Å². The molecule has 126 valence electrons. The lowest BCUT2D eigenvalue weighted by Gasteiger charge is -2.11. The molecule has 0 atom stereocenters. The Morgan fingerprint density at radius 3 is 2.46 bits per heavy atom. The van der Waals surface area contributed by atoms with Gasteiger partial charge in [-0.2, -0.15) is 0 Å². The van der Waals surface area contributed by atoms with E-state index in [1.807, 2.05) is 24.3 Å². The van der Waals surface area contributed by atoms with Crippen LogP contribution >= 0.6 is 27.7 Å². The number of hydrogen-bond donors (Lipinski definition) is 1. The predicted octanol–water partition coefficient (Wildman–Crippen LogP) is 3.98. The van der Waals surface area contributed by atoms with Crippen LogP contribution in [0.5, 0.6) is 5.75 Å². The molecule has 1 N–H and O–H groups in total. The zero-order valence-electron chi connectivity index (χ0n) is 13.2. The molecule has 0 heterocycles. The van der Waals surface area contributed by atoms with Gasteiger partial charge in [0, 0.05) is 9.37 Å². The number of nitrogens with one attached hydrogen (secondary N) is 1. The van der Waals surface area contributed by atoms with Crippen LogP contribution in [0.25, 0.3) is 0 Å². The van der Waals surface area contributed by atoms with Crippen molar-refractivity contribution in [2.75, 3.05) is 25.3 Å². The van der Waals surface area contributed by atoms with Crippen LogP contribution in [0, 0.1) is 0 Å². The highest BCUT2D eigenvalue weighted by molar-refractivity contribution is 9.10. The van der Waals surface area contributed by atoms with Crippen molar-refractivity contribution in [3.8, 4) is 5.75 Å². The number of methoxy groups -OCH3 is 2. The topological polar surface area (TPSA) is 64.6 Å². The van der Waals surface area contributed by atoms with Crippen molar-refractivity contribution in [1.29, 1.82) is 0 Å². The van der Waals surface area contributed by atoms with Crippen molar-refractivity contribution in [3.63, 3.8) is 0 Å². The average molecular weight is 410 g/mol. The molecule has 0 fully saturated rings. The van der Waals surface area contributed by atoms with Gasteiger partial charge in [-0.25, -0.2) is 4.79 Å². The fourth-order valence-electron chi connectivity index (χ4n) is 1.90. The van der Waals surface area contributed by atoms with Crippen molar-refractivity contribution in [1.82, 2.24) is 0 Å². The monoisotopic (exact) mass is 409 g/mol. The molecule has 0 spiro atoms. The fraction of sp³-hybridized carbons (Fsp3) is 0.176. The summed E-state index contributed by atoms with van der Waals surface area (Å²) in [6.07, 6.45) is 0. The summed E-state index contributed by atoms with van der Waals surface area (Å²) < 4.78 is 10.8. The standard InChI is InChI=1S/C17H16BrNO4S/c1-22-12-5-8-15(14(9-12)17(21)23-2)19-16(20)10-24-13-6-3-11(18)4-7-13/h3-9H,10H2,1-2H3,(H,19,20). The van der Waals surface area contributed by atoms with Crippen LogP contribution in [0.2, 0.25) is 0 Å². The van der Waals surface area contributed by atoms with Gasteiger partial charge in [0.1, 0.15) is 5.75 Å². The molecule has 0 radical (unpaired) electrons. The molecule has 5 nitrogen and oxygen atoms in total. The number of rotatable bonds is 6. The van der Waals surface area contributed by atoms with E-state index in [0.717, 1.165) is 9.37 Å². The summed E-state index contributed by atoms with van der Waals surface area (Å²) in [6, 6.07) is 12.5. The maximum atomic E-state index is 12.1. The first-order chi connectivity index (χ1) is 11.5. The second-order valence-electron chi connectivity index (χ2n) is 4.69. The molecule has 24 heavy (non-hydrogen) atoms. The van der Waals surface area contributed by atoms with Gasteiger partial charge in [-0.05, 0) is 42.5 Å². The Morgan fingerprint density at radius 1 is 1.12 bits per heavy atom. The minimum Gasteiger partial charge on any atom is -0.497 e. The van der Waals surface area contributed by atoms with E-state index in [0.29, 0.717) is 11.4 Å². The summed E-state index contributed by atoms with van der Waals surface area (Å²) in [6.45, 7) is 0. The fourth-order valence-corrected chi connectivity index (χ4v) is 2.87. The first-order valence-corrected chi connectivity index (χ1v) is 8.76. The summed E-state index contributed by atoms with van der Waals surface area (Å²) in [5.74, 6) is -0.00509. The van der Waals surface area contributed by atoms with E-state index in [4.69, 9.17) is 9.47 Å². The molecule has 2 aromatic carbocycles. The summed E-state index contributed by atoms with van der Waals surface area (Å²) in [5.41, 5.74) is 0.642. The summed E-state index contributed by atoms with van der Waals surface area (Å²) >= 11 is 4.78. The summed E-state index contributed by atoms with van der Waals surface area (Å²) in [7, 11) is 2.79. The molecule has 1 amide bonds. The number of halogens is 1. The largest absolute Gasteiger partial charge is 0.497 e. The second-order valence-corrected chi connectivity index (χ2v) is 6.66. The van der Waals surface area contributed by atoms with Gasteiger partial charge in [0.25, 0.3) is 0 Å². The maximum Gasteiger partial charge on any atom is 0.340 e. The molecule has 0 aliphatic rings. The van der Waals surface area contributed by atoms with Gasteiger partial charge in [0.05, 0.1) is 31.2 Å². The smallest absolute Gasteiger partial charge is 0.340 e. The van der Waals surface area contributed by atoms with Crippen LogP contribution in [-0.4, -0.2) is 31.8 Å². The Kier molecular flexibility index (Phi) is 6.69. The van der Waals surface area contributed by atoms with E-state index in [1.54, 1.807) is 12.1 Å². The molecule has 0 aliphatic carbocycles. The third-order valence-corrected chi connectivity index (χ3v) is 4.63. The maximum absolute atomic E-state index is 12.1. The average Bonchev–Trinajstić information content (AvgIpc) is 2.61. The van der Waals surface area contributed by atoms with Gasteiger partial charge >= 0.3 is 5.97 Å². The van der Waals surface area contributed by atoms with Crippen molar-refractivity contribution < 1.29 is 19.1 Å². The number of hydrogen-bond acceptors (Lipinski definition) is 5. The number of amides is 1. The predicted molar refractivity (Wildman–Crippen MR) is 97.8 cm³/mol. The van der Waals surface area contributed by atoms with Gasteiger partial charge in [-0.3, -0.25) is 4.79 Å². The van der Waals surface area contributed by atoms with E-state index in [-0.39, 0.29) is 17.2 Å². The Morgan fingerprint density at radius 2 is 1.83 bits per heavy atom. The van der Waals surface area contributed by atoms with Crippen molar-refractivity contribution in [2.24, 2.45) is 0 Å². The zero-order chi connectivity index (χ0) is 17.5. The SMILES string of the molecule is COC(=O)c1cc(OC)ccc1NC(=O)CSc1ccc(Br)cc1. The number of carbonyl (C=O) groups excluding carboxylic acids is 2. The minimum atomic E-state index is -0.537. The van der Waals surface area contributed by atoms with Crippen LogP contribution in [0.3, 0.4) is 0 Å². The Bertz CT molecular complexity index is 734. The molecule has 0 aromatic heterocycles. The van der Waals surface area contributed by atoms with Gasteiger partial charge < -0.3 is 14.8 Å². The van der Waals surface area contributed by atoms with Crippen LogP contribution < -0.4 is 10.1 Å². The molecule has 2 aromatic rings. The molecule has 0 saturated heterocycles. The molecular weight excluding hydrogens is 394 g/mol. The first kappa shape index (κ1) is 18.4. The number of anilines is 1. The highest BCUT2D eigenvalue weighted by Crippen LogP contribution is 2.24. The van der Waals surface area contributed by atoms with Crippen LogP contribution in [0.4, 0.5) is 5.69 Å². The Labute approximate surface area is 152 Å². The van der Waals surface area contributed by atoms with Gasteiger partial charge in [0.15, 0.2) is 0 Å². The second kappa shape index (κ2) is 8.75. The van der Waals surface area contributed by atoms with E-state index >= 15 is 0 Å². The number of thioether (sulfide) groups is 1. The quantitative estimate of drug-likeness (QED) is 0.577.